The van der Waals surface area contributed by atoms with E-state index in [1.807, 2.05) is 36.4 Å². The third-order valence-electron chi connectivity index (χ3n) is 5.60. The zero-order chi connectivity index (χ0) is 27.7. The quantitative estimate of drug-likeness (QED) is 0.146. The summed E-state index contributed by atoms with van der Waals surface area (Å²) in [7, 11) is 0. The van der Waals surface area contributed by atoms with Gasteiger partial charge in [0.15, 0.2) is 0 Å². The second-order valence-electron chi connectivity index (χ2n) is 8.43. The molecule has 0 saturated heterocycles. The van der Waals surface area contributed by atoms with E-state index in [1.165, 1.54) is 12.1 Å². The smallest absolute Gasteiger partial charge is 0.343 e. The minimum absolute atomic E-state index is 0.0483. The summed E-state index contributed by atoms with van der Waals surface area (Å²) in [5.41, 5.74) is 2.37. The highest BCUT2D eigenvalue weighted by atomic mass is 16.5. The first-order chi connectivity index (χ1) is 19.5. The van der Waals surface area contributed by atoms with Crippen LogP contribution in [-0.4, -0.2) is 28.0 Å². The molecule has 0 fully saturated rings. The second kappa shape index (κ2) is 12.1. The standard InChI is InChI=1S/C31H22N4O5/c36-27(19-18-21-10-7-8-17-26(21)39-30(38)23-13-5-2-6-14-23)32-25-16-9-15-24(20-25)28(37)33-31-35-34-29(40-31)22-11-3-1-4-12-22/h1-20H,(H,32,36)(H,33,35,37)/b19-18+. The molecule has 0 unspecified atom stereocenters. The minimum Gasteiger partial charge on any atom is -0.422 e. The fourth-order valence-corrected chi connectivity index (χ4v) is 3.67. The summed E-state index contributed by atoms with van der Waals surface area (Å²) in [5, 5.41) is 13.1. The van der Waals surface area contributed by atoms with Crippen molar-refractivity contribution in [2.45, 2.75) is 0 Å². The molecule has 0 spiro atoms. The Bertz CT molecular complexity index is 1680. The monoisotopic (exact) mass is 530 g/mol. The number of anilines is 2. The van der Waals surface area contributed by atoms with Gasteiger partial charge < -0.3 is 14.5 Å². The second-order valence-corrected chi connectivity index (χ2v) is 8.43. The predicted molar refractivity (Wildman–Crippen MR) is 150 cm³/mol. The van der Waals surface area contributed by atoms with Crippen LogP contribution in [0.2, 0.25) is 0 Å². The lowest BCUT2D eigenvalue weighted by atomic mass is 10.1. The number of aromatic nitrogens is 2. The molecule has 2 amide bonds. The zero-order valence-corrected chi connectivity index (χ0v) is 21.0. The highest BCUT2D eigenvalue weighted by Gasteiger charge is 2.14. The predicted octanol–water partition coefficient (Wildman–Crippen LogP) is 5.86. The molecule has 40 heavy (non-hydrogen) atoms. The Hall–Kier alpha value is -5.83. The van der Waals surface area contributed by atoms with Crippen molar-refractivity contribution in [3.63, 3.8) is 0 Å². The number of nitrogens with zero attached hydrogens (tertiary/aromatic N) is 2. The van der Waals surface area contributed by atoms with Gasteiger partial charge in [0, 0.05) is 28.5 Å². The highest BCUT2D eigenvalue weighted by Crippen LogP contribution is 2.22. The molecule has 0 saturated carbocycles. The number of hydrogen-bond donors (Lipinski definition) is 2. The van der Waals surface area contributed by atoms with E-state index in [-0.39, 0.29) is 17.5 Å². The van der Waals surface area contributed by atoms with Crippen LogP contribution >= 0.6 is 0 Å². The molecule has 4 aromatic carbocycles. The maximum atomic E-state index is 12.7. The van der Waals surface area contributed by atoms with E-state index in [0.717, 1.165) is 5.56 Å². The third kappa shape index (κ3) is 6.53. The number of carbonyl (C=O) groups excluding carboxylic acids is 3. The molecule has 196 valence electrons. The fourth-order valence-electron chi connectivity index (χ4n) is 3.67. The van der Waals surface area contributed by atoms with Crippen molar-refractivity contribution in [3.05, 3.63) is 132 Å². The van der Waals surface area contributed by atoms with Gasteiger partial charge in [0.2, 0.25) is 11.8 Å². The Morgan fingerprint density at radius 2 is 1.43 bits per heavy atom. The van der Waals surface area contributed by atoms with E-state index in [1.54, 1.807) is 72.8 Å². The molecule has 1 heterocycles. The summed E-state index contributed by atoms with van der Waals surface area (Å²) < 4.78 is 11.0. The molecule has 1 aromatic heterocycles. The summed E-state index contributed by atoms with van der Waals surface area (Å²) in [6.07, 6.45) is 2.85. The number of carbonyl (C=O) groups is 3. The number of rotatable bonds is 8. The van der Waals surface area contributed by atoms with Gasteiger partial charge in [0.25, 0.3) is 5.91 Å². The van der Waals surface area contributed by atoms with Gasteiger partial charge in [-0.1, -0.05) is 65.8 Å². The van der Waals surface area contributed by atoms with Crippen LogP contribution in [0.15, 0.2) is 120 Å². The normalized spacial score (nSPS) is 10.7. The van der Waals surface area contributed by atoms with Gasteiger partial charge in [-0.05, 0) is 54.6 Å². The molecular weight excluding hydrogens is 508 g/mol. The molecule has 5 aromatic rings. The minimum atomic E-state index is -0.502. The molecule has 0 radical (unpaired) electrons. The lowest BCUT2D eigenvalue weighted by molar-refractivity contribution is -0.111. The lowest BCUT2D eigenvalue weighted by Crippen LogP contribution is -2.13. The van der Waals surface area contributed by atoms with Crippen LogP contribution in [0.25, 0.3) is 17.5 Å². The summed E-state index contributed by atoms with van der Waals surface area (Å²) in [4.78, 5) is 37.8. The molecule has 0 aliphatic heterocycles. The maximum absolute atomic E-state index is 12.7. The topological polar surface area (TPSA) is 123 Å². The number of nitrogens with one attached hydrogen (secondary N) is 2. The molecule has 5 rings (SSSR count). The van der Waals surface area contributed by atoms with Crippen LogP contribution in [0, 0.1) is 0 Å². The zero-order valence-electron chi connectivity index (χ0n) is 21.0. The van der Waals surface area contributed by atoms with E-state index in [0.29, 0.717) is 22.6 Å². The average molecular weight is 531 g/mol. The van der Waals surface area contributed by atoms with Crippen molar-refractivity contribution in [2.75, 3.05) is 10.6 Å². The van der Waals surface area contributed by atoms with E-state index in [9.17, 15) is 14.4 Å². The largest absolute Gasteiger partial charge is 0.422 e. The first kappa shape index (κ1) is 25.8. The van der Waals surface area contributed by atoms with Crippen molar-refractivity contribution < 1.29 is 23.5 Å². The summed E-state index contributed by atoms with van der Waals surface area (Å²) in [6.45, 7) is 0. The van der Waals surface area contributed by atoms with Crippen LogP contribution in [-0.2, 0) is 4.79 Å². The highest BCUT2D eigenvalue weighted by molar-refractivity contribution is 6.06. The Morgan fingerprint density at radius 3 is 2.23 bits per heavy atom. The van der Waals surface area contributed by atoms with Crippen LogP contribution in [0.1, 0.15) is 26.3 Å². The van der Waals surface area contributed by atoms with Crippen molar-refractivity contribution in [3.8, 4) is 17.2 Å². The number of amides is 2. The number of esters is 1. The number of ether oxygens (including phenoxy) is 1. The summed E-state index contributed by atoms with van der Waals surface area (Å²) in [6, 6.07) is 31.0. The van der Waals surface area contributed by atoms with Crippen LogP contribution < -0.4 is 15.4 Å². The van der Waals surface area contributed by atoms with Gasteiger partial charge in [-0.25, -0.2) is 4.79 Å². The Kier molecular flexibility index (Phi) is 7.83. The van der Waals surface area contributed by atoms with Crippen LogP contribution in [0.3, 0.4) is 0 Å². The van der Waals surface area contributed by atoms with Crippen LogP contribution in [0.5, 0.6) is 5.75 Å². The van der Waals surface area contributed by atoms with E-state index < -0.39 is 17.8 Å². The van der Waals surface area contributed by atoms with E-state index in [4.69, 9.17) is 9.15 Å². The van der Waals surface area contributed by atoms with Gasteiger partial charge in [-0.2, -0.15) is 0 Å². The van der Waals surface area contributed by atoms with Gasteiger partial charge in [0.1, 0.15) is 5.75 Å². The number of para-hydroxylation sites is 1. The molecule has 0 atom stereocenters. The Labute approximate surface area is 229 Å². The van der Waals surface area contributed by atoms with Gasteiger partial charge in [0.05, 0.1) is 5.56 Å². The molecule has 0 bridgehead atoms. The van der Waals surface area contributed by atoms with Crippen LogP contribution in [0.4, 0.5) is 11.7 Å². The van der Waals surface area contributed by atoms with Crippen molar-refractivity contribution in [1.29, 1.82) is 0 Å². The van der Waals surface area contributed by atoms with Gasteiger partial charge in [-0.15, -0.1) is 5.10 Å². The average Bonchev–Trinajstić information content (AvgIpc) is 3.46. The van der Waals surface area contributed by atoms with Crippen molar-refractivity contribution in [1.82, 2.24) is 10.2 Å². The van der Waals surface area contributed by atoms with Gasteiger partial charge >= 0.3 is 12.0 Å². The first-order valence-electron chi connectivity index (χ1n) is 12.2. The fraction of sp³-hybridized carbons (Fsp3) is 0. The third-order valence-corrected chi connectivity index (χ3v) is 5.60. The number of hydrogen-bond acceptors (Lipinski definition) is 7. The first-order valence-corrected chi connectivity index (χ1v) is 12.2. The molecule has 0 aliphatic carbocycles. The van der Waals surface area contributed by atoms with E-state index in [2.05, 4.69) is 20.8 Å². The Morgan fingerprint density at radius 1 is 0.725 bits per heavy atom. The summed E-state index contributed by atoms with van der Waals surface area (Å²) in [5.74, 6) is -0.830. The maximum Gasteiger partial charge on any atom is 0.343 e. The lowest BCUT2D eigenvalue weighted by Gasteiger charge is -2.08. The SMILES string of the molecule is O=C(/C=C/c1ccccc1OC(=O)c1ccccc1)Nc1cccc(C(=O)Nc2nnc(-c3ccccc3)o2)c1. The Balaban J connectivity index is 1.21. The molecule has 9 nitrogen and oxygen atoms in total. The molecule has 0 aliphatic rings. The van der Waals surface area contributed by atoms with Crippen molar-refractivity contribution >= 4 is 35.6 Å². The number of benzene rings is 4. The molecular formula is C31H22N4O5. The molecule has 9 heteroatoms. The van der Waals surface area contributed by atoms with Gasteiger partial charge in [-0.3, -0.25) is 14.9 Å². The summed E-state index contributed by atoms with van der Waals surface area (Å²) >= 11 is 0. The van der Waals surface area contributed by atoms with E-state index >= 15 is 0 Å². The van der Waals surface area contributed by atoms with Crippen molar-refractivity contribution in [2.24, 2.45) is 0 Å². The molecule has 2 N–H and O–H groups in total.